The summed E-state index contributed by atoms with van der Waals surface area (Å²) in [5.74, 6) is -0.599. The third-order valence-corrected chi connectivity index (χ3v) is 3.10. The minimum Gasteiger partial charge on any atom is -0.462 e. The molecule has 6 heteroatoms. The second kappa shape index (κ2) is 4.36. The Labute approximate surface area is 78.5 Å². The minimum absolute atomic E-state index is 0.376. The lowest BCUT2D eigenvalue weighted by Gasteiger charge is -2.24. The molecule has 1 heterocycles. The fourth-order valence-electron chi connectivity index (χ4n) is 1.06. The van der Waals surface area contributed by atoms with Crippen LogP contribution in [0.5, 0.6) is 0 Å². The van der Waals surface area contributed by atoms with Gasteiger partial charge in [0.05, 0.1) is 7.11 Å². The Morgan fingerprint density at radius 2 is 1.85 bits per heavy atom. The van der Waals surface area contributed by atoms with Crippen LogP contribution >= 0.6 is 0 Å². The first kappa shape index (κ1) is 10.2. The van der Waals surface area contributed by atoms with Crippen molar-refractivity contribution in [3.05, 3.63) is 0 Å². The Kier molecular flexibility index (Phi) is 3.41. The average Bonchev–Trinajstić information content (AvgIpc) is 2.17. The van der Waals surface area contributed by atoms with Crippen LogP contribution in [0, 0.1) is 0 Å². The Balaban J connectivity index is 2.49. The first-order valence-corrected chi connectivity index (χ1v) is 5.36. The molecule has 1 aliphatic heterocycles. The summed E-state index contributed by atoms with van der Waals surface area (Å²) in [6.45, 7) is 0.751. The zero-order chi connectivity index (χ0) is 9.84. The Morgan fingerprint density at radius 1 is 1.31 bits per heavy atom. The molecule has 74 valence electrons. The van der Waals surface area contributed by atoms with Crippen LogP contribution in [0.3, 0.4) is 0 Å². The van der Waals surface area contributed by atoms with Gasteiger partial charge in [-0.3, -0.25) is 9.00 Å². The number of methoxy groups -OCH3 is 1. The van der Waals surface area contributed by atoms with E-state index in [1.165, 1.54) is 12.0 Å². The van der Waals surface area contributed by atoms with Gasteiger partial charge >= 0.3 is 11.9 Å². The number of ether oxygens (including phenoxy) is 1. The summed E-state index contributed by atoms with van der Waals surface area (Å²) in [6, 6.07) is 0. The van der Waals surface area contributed by atoms with Crippen LogP contribution in [0.25, 0.3) is 0 Å². The number of esters is 1. The van der Waals surface area contributed by atoms with Crippen LogP contribution in [-0.2, 0) is 25.1 Å². The maximum atomic E-state index is 11.2. The molecule has 0 aromatic carbocycles. The maximum absolute atomic E-state index is 11.2. The SMILES string of the molecule is COC(=O)C(=O)N1CCS(=O)CC1. The molecule has 0 saturated carbocycles. The molecule has 0 atom stereocenters. The summed E-state index contributed by atoms with van der Waals surface area (Å²) < 4.78 is 15.2. The van der Waals surface area contributed by atoms with Crippen LogP contribution in [-0.4, -0.2) is 52.7 Å². The molecule has 1 aliphatic rings. The first-order chi connectivity index (χ1) is 6.15. The number of carbonyl (C=O) groups excluding carboxylic acids is 2. The van der Waals surface area contributed by atoms with E-state index in [-0.39, 0.29) is 0 Å². The molecule has 1 amide bonds. The van der Waals surface area contributed by atoms with Gasteiger partial charge in [0.25, 0.3) is 0 Å². The van der Waals surface area contributed by atoms with Crippen molar-refractivity contribution in [2.24, 2.45) is 0 Å². The highest BCUT2D eigenvalue weighted by molar-refractivity contribution is 7.85. The van der Waals surface area contributed by atoms with Crippen molar-refractivity contribution in [1.29, 1.82) is 0 Å². The van der Waals surface area contributed by atoms with Gasteiger partial charge in [-0.25, -0.2) is 4.79 Å². The van der Waals surface area contributed by atoms with Crippen molar-refractivity contribution in [3.63, 3.8) is 0 Å². The molecule has 1 fully saturated rings. The van der Waals surface area contributed by atoms with Crippen LogP contribution in [0.2, 0.25) is 0 Å². The normalized spacial score (nSPS) is 18.4. The molecule has 0 spiro atoms. The molecule has 0 aromatic heterocycles. The molecule has 0 aromatic rings. The second-order valence-electron chi connectivity index (χ2n) is 2.63. The highest BCUT2D eigenvalue weighted by atomic mass is 32.2. The molecule has 0 radical (unpaired) electrons. The van der Waals surface area contributed by atoms with Crippen molar-refractivity contribution in [2.75, 3.05) is 31.7 Å². The average molecular weight is 205 g/mol. The van der Waals surface area contributed by atoms with E-state index < -0.39 is 22.7 Å². The molecule has 5 nitrogen and oxygen atoms in total. The Hall–Kier alpha value is -0.910. The largest absolute Gasteiger partial charge is 0.462 e. The van der Waals surface area contributed by atoms with E-state index in [0.717, 1.165) is 0 Å². The minimum atomic E-state index is -0.854. The lowest BCUT2D eigenvalue weighted by molar-refractivity contribution is -0.158. The van der Waals surface area contributed by atoms with E-state index >= 15 is 0 Å². The molecule has 0 bridgehead atoms. The Bertz CT molecular complexity index is 243. The molecule has 13 heavy (non-hydrogen) atoms. The predicted octanol–water partition coefficient (Wildman–Crippen LogP) is -1.25. The van der Waals surface area contributed by atoms with Gasteiger partial charge < -0.3 is 9.64 Å². The number of amides is 1. The zero-order valence-electron chi connectivity index (χ0n) is 7.32. The van der Waals surface area contributed by atoms with E-state index in [1.807, 2.05) is 0 Å². The van der Waals surface area contributed by atoms with Crippen LogP contribution in [0.1, 0.15) is 0 Å². The number of hydrogen-bond donors (Lipinski definition) is 0. The van der Waals surface area contributed by atoms with E-state index in [2.05, 4.69) is 4.74 Å². The van der Waals surface area contributed by atoms with Gasteiger partial charge in [-0.15, -0.1) is 0 Å². The summed E-state index contributed by atoms with van der Waals surface area (Å²) in [4.78, 5) is 23.4. The highest BCUT2D eigenvalue weighted by Gasteiger charge is 2.25. The molecule has 1 rings (SSSR count). The van der Waals surface area contributed by atoms with Gasteiger partial charge in [-0.2, -0.15) is 0 Å². The topological polar surface area (TPSA) is 63.7 Å². The molecule has 1 saturated heterocycles. The monoisotopic (exact) mass is 205 g/mol. The first-order valence-electron chi connectivity index (χ1n) is 3.87. The molecule has 0 N–H and O–H groups in total. The van der Waals surface area contributed by atoms with E-state index in [4.69, 9.17) is 0 Å². The van der Waals surface area contributed by atoms with E-state index in [0.29, 0.717) is 24.6 Å². The fraction of sp³-hybridized carbons (Fsp3) is 0.714. The molecule has 0 aliphatic carbocycles. The quantitative estimate of drug-likeness (QED) is 0.366. The summed E-state index contributed by atoms with van der Waals surface area (Å²) in [5.41, 5.74) is 0. The van der Waals surface area contributed by atoms with Crippen molar-refractivity contribution >= 4 is 22.7 Å². The second-order valence-corrected chi connectivity index (χ2v) is 4.33. The summed E-state index contributed by atoms with van der Waals surface area (Å²) >= 11 is 0. The van der Waals surface area contributed by atoms with Crippen molar-refractivity contribution in [3.8, 4) is 0 Å². The van der Waals surface area contributed by atoms with Gasteiger partial charge in [0.2, 0.25) is 0 Å². The number of rotatable bonds is 0. The van der Waals surface area contributed by atoms with Crippen molar-refractivity contribution in [1.82, 2.24) is 4.90 Å². The lowest BCUT2D eigenvalue weighted by Crippen LogP contribution is -2.45. The maximum Gasteiger partial charge on any atom is 0.396 e. The molecular formula is C7H11NO4S. The highest BCUT2D eigenvalue weighted by Crippen LogP contribution is 2.00. The van der Waals surface area contributed by atoms with Crippen LogP contribution in [0.15, 0.2) is 0 Å². The van der Waals surface area contributed by atoms with E-state index in [1.54, 1.807) is 0 Å². The summed E-state index contributed by atoms with van der Waals surface area (Å²) in [5, 5.41) is 0. The molecule has 0 unspecified atom stereocenters. The number of carbonyl (C=O) groups is 2. The number of hydrogen-bond acceptors (Lipinski definition) is 4. The standard InChI is InChI=1S/C7H11NO4S/c1-12-7(10)6(9)8-2-4-13(11)5-3-8/h2-5H2,1H3. The van der Waals surface area contributed by atoms with Crippen molar-refractivity contribution in [2.45, 2.75) is 0 Å². The summed E-state index contributed by atoms with van der Waals surface area (Å²) in [7, 11) is 0.330. The third-order valence-electron chi connectivity index (χ3n) is 1.82. The van der Waals surface area contributed by atoms with Crippen molar-refractivity contribution < 1.29 is 18.5 Å². The van der Waals surface area contributed by atoms with Gasteiger partial charge in [-0.1, -0.05) is 0 Å². The lowest BCUT2D eigenvalue weighted by atomic mass is 10.4. The van der Waals surface area contributed by atoms with Gasteiger partial charge in [0.15, 0.2) is 0 Å². The van der Waals surface area contributed by atoms with E-state index in [9.17, 15) is 13.8 Å². The fourth-order valence-corrected chi connectivity index (χ4v) is 2.11. The smallest absolute Gasteiger partial charge is 0.396 e. The van der Waals surface area contributed by atoms with Gasteiger partial charge in [0.1, 0.15) is 0 Å². The Morgan fingerprint density at radius 3 is 2.31 bits per heavy atom. The van der Waals surface area contributed by atoms with Gasteiger partial charge in [-0.05, 0) is 0 Å². The van der Waals surface area contributed by atoms with Crippen LogP contribution < -0.4 is 0 Å². The predicted molar refractivity (Wildman–Crippen MR) is 46.5 cm³/mol. The molecular weight excluding hydrogens is 194 g/mol. The summed E-state index contributed by atoms with van der Waals surface area (Å²) in [6.07, 6.45) is 0. The zero-order valence-corrected chi connectivity index (χ0v) is 8.13. The van der Waals surface area contributed by atoms with Gasteiger partial charge in [0, 0.05) is 35.4 Å². The number of nitrogens with zero attached hydrogens (tertiary/aromatic N) is 1. The van der Waals surface area contributed by atoms with Crippen LogP contribution in [0.4, 0.5) is 0 Å². The third kappa shape index (κ3) is 2.51.